The molecule has 0 bridgehead atoms. The quantitative estimate of drug-likeness (QED) is 0.491. The monoisotopic (exact) mass is 258 g/mol. The first-order valence-corrected chi connectivity index (χ1v) is 6.27. The number of ether oxygens (including phenoxy) is 1. The van der Waals surface area contributed by atoms with E-state index in [4.69, 9.17) is 10.5 Å². The fourth-order valence-corrected chi connectivity index (χ4v) is 1.74. The molecule has 0 aliphatic carbocycles. The highest BCUT2D eigenvalue weighted by molar-refractivity contribution is 6.35. The van der Waals surface area contributed by atoms with Crippen molar-refractivity contribution in [3.8, 4) is 0 Å². The standard InChI is InChI=1S/C11H22N4O3/c1-2-15-5-6-18-9(8-15)7-14-11(17)10(16)13-4-3-12/h9H,2-8,12H2,1H3,(H,13,16)(H,14,17). The van der Waals surface area contributed by atoms with Crippen LogP contribution in [0.5, 0.6) is 0 Å². The Morgan fingerprint density at radius 2 is 2.11 bits per heavy atom. The number of amides is 2. The number of nitrogens with two attached hydrogens (primary N) is 1. The summed E-state index contributed by atoms with van der Waals surface area (Å²) >= 11 is 0. The molecule has 4 N–H and O–H groups in total. The van der Waals surface area contributed by atoms with Crippen molar-refractivity contribution in [2.45, 2.75) is 13.0 Å². The van der Waals surface area contributed by atoms with Crippen molar-refractivity contribution in [1.82, 2.24) is 15.5 Å². The molecule has 0 saturated carbocycles. The van der Waals surface area contributed by atoms with E-state index in [0.29, 0.717) is 26.2 Å². The maximum atomic E-state index is 11.4. The highest BCUT2D eigenvalue weighted by atomic mass is 16.5. The molecule has 0 aromatic heterocycles. The Hall–Kier alpha value is -1.18. The number of likely N-dealkylation sites (N-methyl/N-ethyl adjacent to an activating group) is 1. The number of hydrogen-bond acceptors (Lipinski definition) is 5. The van der Waals surface area contributed by atoms with Gasteiger partial charge in [-0.15, -0.1) is 0 Å². The molecule has 7 nitrogen and oxygen atoms in total. The number of carbonyl (C=O) groups excluding carboxylic acids is 2. The topological polar surface area (TPSA) is 96.7 Å². The lowest BCUT2D eigenvalue weighted by molar-refractivity contribution is -0.139. The minimum absolute atomic E-state index is 0.0510. The lowest BCUT2D eigenvalue weighted by atomic mass is 10.2. The van der Waals surface area contributed by atoms with Gasteiger partial charge in [0.25, 0.3) is 0 Å². The van der Waals surface area contributed by atoms with Gasteiger partial charge in [0.05, 0.1) is 12.7 Å². The fourth-order valence-electron chi connectivity index (χ4n) is 1.74. The second-order valence-corrected chi connectivity index (χ2v) is 4.14. The summed E-state index contributed by atoms with van der Waals surface area (Å²) in [4.78, 5) is 24.9. The molecule has 104 valence electrons. The Kier molecular flexibility index (Phi) is 6.63. The van der Waals surface area contributed by atoms with Crippen LogP contribution in [0.25, 0.3) is 0 Å². The number of rotatable bonds is 5. The normalized spacial score (nSPS) is 20.4. The number of morpholine rings is 1. The zero-order valence-corrected chi connectivity index (χ0v) is 10.8. The van der Waals surface area contributed by atoms with Crippen molar-refractivity contribution in [1.29, 1.82) is 0 Å². The minimum atomic E-state index is -0.649. The van der Waals surface area contributed by atoms with E-state index in [1.165, 1.54) is 0 Å². The molecule has 0 aromatic carbocycles. The van der Waals surface area contributed by atoms with Gasteiger partial charge in [-0.05, 0) is 6.54 Å². The van der Waals surface area contributed by atoms with E-state index >= 15 is 0 Å². The summed E-state index contributed by atoms with van der Waals surface area (Å²) in [5.74, 6) is -1.29. The maximum absolute atomic E-state index is 11.4. The van der Waals surface area contributed by atoms with Crippen LogP contribution in [0.15, 0.2) is 0 Å². The van der Waals surface area contributed by atoms with E-state index in [0.717, 1.165) is 19.6 Å². The van der Waals surface area contributed by atoms with Gasteiger partial charge in [0, 0.05) is 32.7 Å². The number of carbonyl (C=O) groups is 2. The molecule has 0 spiro atoms. The summed E-state index contributed by atoms with van der Waals surface area (Å²) in [5, 5.41) is 4.97. The van der Waals surface area contributed by atoms with Crippen molar-refractivity contribution in [3.05, 3.63) is 0 Å². The van der Waals surface area contributed by atoms with Gasteiger partial charge in [0.2, 0.25) is 0 Å². The Morgan fingerprint density at radius 1 is 1.39 bits per heavy atom. The van der Waals surface area contributed by atoms with Gasteiger partial charge in [-0.2, -0.15) is 0 Å². The summed E-state index contributed by atoms with van der Waals surface area (Å²) in [5.41, 5.74) is 5.23. The molecule has 18 heavy (non-hydrogen) atoms. The minimum Gasteiger partial charge on any atom is -0.374 e. The van der Waals surface area contributed by atoms with Crippen molar-refractivity contribution in [3.63, 3.8) is 0 Å². The molecule has 1 unspecified atom stereocenters. The average Bonchev–Trinajstić information content (AvgIpc) is 2.42. The van der Waals surface area contributed by atoms with Gasteiger partial charge in [0.1, 0.15) is 0 Å². The number of nitrogens with zero attached hydrogens (tertiary/aromatic N) is 1. The molecular formula is C11H22N4O3. The lowest BCUT2D eigenvalue weighted by Gasteiger charge is -2.32. The fraction of sp³-hybridized carbons (Fsp3) is 0.818. The Balaban J connectivity index is 2.23. The highest BCUT2D eigenvalue weighted by Gasteiger charge is 2.21. The van der Waals surface area contributed by atoms with Gasteiger partial charge >= 0.3 is 11.8 Å². The molecule has 1 atom stereocenters. The first-order valence-electron chi connectivity index (χ1n) is 6.27. The second kappa shape index (κ2) is 8.02. The van der Waals surface area contributed by atoms with Crippen LogP contribution in [0.4, 0.5) is 0 Å². The van der Waals surface area contributed by atoms with Crippen molar-refractivity contribution in [2.24, 2.45) is 5.73 Å². The molecular weight excluding hydrogens is 236 g/mol. The smallest absolute Gasteiger partial charge is 0.309 e. The third-order valence-corrected chi connectivity index (χ3v) is 2.80. The summed E-state index contributed by atoms with van der Waals surface area (Å²) in [6, 6.07) is 0. The number of nitrogens with one attached hydrogen (secondary N) is 2. The predicted molar refractivity (Wildman–Crippen MR) is 66.9 cm³/mol. The Morgan fingerprint density at radius 3 is 2.78 bits per heavy atom. The van der Waals surface area contributed by atoms with Crippen LogP contribution >= 0.6 is 0 Å². The molecule has 0 radical (unpaired) electrons. The molecule has 0 aromatic rings. The SMILES string of the molecule is CCN1CCOC(CNC(=O)C(=O)NCCN)C1. The first kappa shape index (κ1) is 14.9. The van der Waals surface area contributed by atoms with Crippen LogP contribution in [0.1, 0.15) is 6.92 Å². The summed E-state index contributed by atoms with van der Waals surface area (Å²) in [7, 11) is 0. The molecule has 2 amide bonds. The average molecular weight is 258 g/mol. The zero-order valence-electron chi connectivity index (χ0n) is 10.8. The Labute approximate surface area is 107 Å². The molecule has 1 fully saturated rings. The summed E-state index contributed by atoms with van der Waals surface area (Å²) in [6.45, 7) is 6.37. The summed E-state index contributed by atoms with van der Waals surface area (Å²) < 4.78 is 5.51. The maximum Gasteiger partial charge on any atom is 0.309 e. The highest BCUT2D eigenvalue weighted by Crippen LogP contribution is 2.03. The van der Waals surface area contributed by atoms with Crippen LogP contribution in [0.3, 0.4) is 0 Å². The third kappa shape index (κ3) is 4.99. The molecule has 1 aliphatic rings. The molecule has 1 aliphatic heterocycles. The third-order valence-electron chi connectivity index (χ3n) is 2.80. The Bertz CT molecular complexity index is 285. The predicted octanol–water partition coefficient (Wildman–Crippen LogP) is -2.10. The molecule has 1 saturated heterocycles. The van der Waals surface area contributed by atoms with Gasteiger partial charge in [-0.3, -0.25) is 14.5 Å². The van der Waals surface area contributed by atoms with Crippen LogP contribution < -0.4 is 16.4 Å². The van der Waals surface area contributed by atoms with E-state index in [1.54, 1.807) is 0 Å². The summed E-state index contributed by atoms with van der Waals surface area (Å²) in [6.07, 6.45) is -0.0510. The van der Waals surface area contributed by atoms with E-state index in [-0.39, 0.29) is 6.10 Å². The van der Waals surface area contributed by atoms with E-state index in [9.17, 15) is 9.59 Å². The lowest BCUT2D eigenvalue weighted by Crippen LogP contribution is -2.49. The van der Waals surface area contributed by atoms with Gasteiger partial charge in [-0.1, -0.05) is 6.92 Å². The van der Waals surface area contributed by atoms with Crippen molar-refractivity contribution < 1.29 is 14.3 Å². The number of hydrogen-bond donors (Lipinski definition) is 3. The zero-order chi connectivity index (χ0) is 13.4. The largest absolute Gasteiger partial charge is 0.374 e. The molecule has 1 heterocycles. The van der Waals surface area contributed by atoms with Crippen molar-refractivity contribution in [2.75, 3.05) is 45.9 Å². The molecule has 7 heteroatoms. The van der Waals surface area contributed by atoms with Gasteiger partial charge < -0.3 is 21.1 Å². The van der Waals surface area contributed by atoms with Gasteiger partial charge in [0.15, 0.2) is 0 Å². The van der Waals surface area contributed by atoms with Crippen molar-refractivity contribution >= 4 is 11.8 Å². The van der Waals surface area contributed by atoms with Gasteiger partial charge in [-0.25, -0.2) is 0 Å². The van der Waals surface area contributed by atoms with Crippen LogP contribution in [-0.4, -0.2) is 68.7 Å². The van der Waals surface area contributed by atoms with E-state index in [1.807, 2.05) is 0 Å². The first-order chi connectivity index (χ1) is 8.67. The van der Waals surface area contributed by atoms with Crippen LogP contribution in [0.2, 0.25) is 0 Å². The van der Waals surface area contributed by atoms with Crippen LogP contribution in [-0.2, 0) is 14.3 Å². The van der Waals surface area contributed by atoms with E-state index in [2.05, 4.69) is 22.5 Å². The van der Waals surface area contributed by atoms with E-state index < -0.39 is 11.8 Å². The van der Waals surface area contributed by atoms with Crippen LogP contribution in [0, 0.1) is 0 Å². The molecule has 1 rings (SSSR count). The second-order valence-electron chi connectivity index (χ2n) is 4.14.